The van der Waals surface area contributed by atoms with E-state index in [2.05, 4.69) is 32.0 Å². The van der Waals surface area contributed by atoms with Crippen molar-refractivity contribution in [3.63, 3.8) is 0 Å². The molecule has 0 atom stereocenters. The van der Waals surface area contributed by atoms with E-state index >= 15 is 0 Å². The minimum absolute atomic E-state index is 0.211. The first-order valence-corrected chi connectivity index (χ1v) is 16.3. The predicted molar refractivity (Wildman–Crippen MR) is 40.2 cm³/mol. The zero-order chi connectivity index (χ0) is 7.70. The Labute approximate surface area is 76.0 Å². The molecule has 0 amide bonds. The molecule has 0 spiro atoms. The van der Waals surface area contributed by atoms with E-state index in [-0.39, 0.29) is 19.2 Å². The predicted octanol–water partition coefficient (Wildman–Crippen LogP) is 2.26. The number of hydrogen-bond donors (Lipinski definition) is 0. The van der Waals surface area contributed by atoms with Gasteiger partial charge in [-0.15, -0.1) is 0 Å². The van der Waals surface area contributed by atoms with Gasteiger partial charge in [-0.2, -0.15) is 0 Å². The fraction of sp³-hybridized carbons (Fsp3) is 0.750. The second-order valence-corrected chi connectivity index (χ2v) is 15.1. The van der Waals surface area contributed by atoms with E-state index in [1.807, 2.05) is 0 Å². The van der Waals surface area contributed by atoms with Gasteiger partial charge in [-0.3, -0.25) is 4.79 Å². The van der Waals surface area contributed by atoms with E-state index in [0.717, 1.165) is 0 Å². The van der Waals surface area contributed by atoms with Gasteiger partial charge < -0.3 is 4.74 Å². The van der Waals surface area contributed by atoms with Crippen LogP contribution in [-0.4, -0.2) is 12.6 Å². The second kappa shape index (κ2) is 11.8. The van der Waals surface area contributed by atoms with Crippen molar-refractivity contribution >= 4 is 33.2 Å². The van der Waals surface area contributed by atoms with Crippen LogP contribution in [0.1, 0.15) is 13.8 Å². The topological polar surface area (TPSA) is 26.3 Å². The van der Waals surface area contributed by atoms with Crippen molar-refractivity contribution in [3.05, 3.63) is 0 Å². The summed E-state index contributed by atoms with van der Waals surface area (Å²) in [5.74, 6) is -0.211. The normalized spacial score (nSPS) is 6.22. The molecule has 0 aromatic rings. The Balaban J connectivity index is 0. The molecule has 0 aliphatic rings. The van der Waals surface area contributed by atoms with Crippen LogP contribution in [-0.2, 0) is 22.7 Å². The van der Waals surface area contributed by atoms with Gasteiger partial charge in [-0.05, 0) is 6.92 Å². The third-order valence-corrected chi connectivity index (χ3v) is 0.348. The van der Waals surface area contributed by atoms with E-state index < -0.39 is 0 Å². The summed E-state index contributed by atoms with van der Waals surface area (Å²) in [6.45, 7) is 3.65. The van der Waals surface area contributed by atoms with Crippen molar-refractivity contribution in [2.75, 3.05) is 6.61 Å². The maximum atomic E-state index is 9.82. The number of hydrogen-bond acceptors (Lipinski definition) is 2. The molecule has 5 heteroatoms. The van der Waals surface area contributed by atoms with Gasteiger partial charge in [-0.1, -0.05) is 0 Å². The molecule has 0 aromatic heterocycles. The molecule has 0 aromatic carbocycles. The average molecular weight is 313 g/mol. The molecule has 0 heterocycles. The van der Waals surface area contributed by atoms with Gasteiger partial charge in [0, 0.05) is 6.92 Å². The maximum absolute atomic E-state index is 9.82. The molecule has 0 N–H and O–H groups in total. The van der Waals surface area contributed by atoms with E-state index in [9.17, 15) is 4.79 Å². The van der Waals surface area contributed by atoms with Crippen molar-refractivity contribution < 1.29 is 22.7 Å². The average Bonchev–Trinajstić information content (AvgIpc) is 1.67. The standard InChI is InChI=1S/C4H8O2.2BrH.Zn/c1-3-6-4(2)5;;;/h3H2,1-2H3;2*1H;/q;;;+2/p-2. The third-order valence-electron chi connectivity index (χ3n) is 0.348. The first-order valence-electron chi connectivity index (χ1n) is 2.44. The van der Waals surface area contributed by atoms with E-state index in [1.54, 1.807) is 6.92 Å². The van der Waals surface area contributed by atoms with Crippen molar-refractivity contribution in [2.24, 2.45) is 0 Å². The molecule has 0 saturated carbocycles. The van der Waals surface area contributed by atoms with Crippen molar-refractivity contribution in [1.29, 1.82) is 0 Å². The zero-order valence-electron chi connectivity index (χ0n) is 5.49. The first-order chi connectivity index (χ1) is 4.18. The number of esters is 1. The van der Waals surface area contributed by atoms with Gasteiger partial charge in [-0.25, -0.2) is 0 Å². The SMILES string of the molecule is CCOC(C)=O.[Br][Zn][Br]. The minimum atomic E-state index is -0.250. The summed E-state index contributed by atoms with van der Waals surface area (Å²) < 4.78 is 4.40. The van der Waals surface area contributed by atoms with E-state index in [1.165, 1.54) is 6.92 Å². The Kier molecular flexibility index (Phi) is 16.7. The Hall–Kier alpha value is 1.05. The van der Waals surface area contributed by atoms with Crippen LogP contribution in [0, 0.1) is 0 Å². The van der Waals surface area contributed by atoms with Gasteiger partial charge in [0.25, 0.3) is 0 Å². The second-order valence-electron chi connectivity index (χ2n) is 1.03. The van der Waals surface area contributed by atoms with Gasteiger partial charge in [0.2, 0.25) is 0 Å². The molecule has 0 bridgehead atoms. The monoisotopic (exact) mass is 310 g/mol. The summed E-state index contributed by atoms with van der Waals surface area (Å²) in [4.78, 5) is 9.82. The molecule has 9 heavy (non-hydrogen) atoms. The first kappa shape index (κ1) is 12.7. The summed E-state index contributed by atoms with van der Waals surface area (Å²) in [6.07, 6.45) is 0. The van der Waals surface area contributed by atoms with Crippen LogP contribution >= 0.6 is 27.2 Å². The zero-order valence-corrected chi connectivity index (χ0v) is 11.6. The summed E-state index contributed by atoms with van der Waals surface area (Å²) in [5, 5.41) is 0. The number of carbonyl (C=O) groups excluding carboxylic acids is 1. The Morgan fingerprint density at radius 3 is 2.00 bits per heavy atom. The van der Waals surface area contributed by atoms with E-state index in [0.29, 0.717) is 6.61 Å². The summed E-state index contributed by atoms with van der Waals surface area (Å²) >= 11 is 6.25. The third kappa shape index (κ3) is 27.4. The van der Waals surface area contributed by atoms with Gasteiger partial charge in [0.05, 0.1) is 6.61 Å². The quantitative estimate of drug-likeness (QED) is 0.548. The van der Waals surface area contributed by atoms with E-state index in [4.69, 9.17) is 0 Å². The number of ether oxygens (including phenoxy) is 1. The molecule has 0 aliphatic carbocycles. The van der Waals surface area contributed by atoms with Crippen LogP contribution in [0.15, 0.2) is 0 Å². The van der Waals surface area contributed by atoms with Gasteiger partial charge >= 0.3 is 46.4 Å². The molecule has 0 aliphatic heterocycles. The van der Waals surface area contributed by atoms with Crippen LogP contribution in [0.5, 0.6) is 0 Å². The van der Waals surface area contributed by atoms with Crippen molar-refractivity contribution in [2.45, 2.75) is 13.8 Å². The molecule has 52 valence electrons. The van der Waals surface area contributed by atoms with Crippen molar-refractivity contribution in [1.82, 2.24) is 0 Å². The number of carbonyl (C=O) groups is 1. The molecule has 0 unspecified atom stereocenters. The molecule has 0 rings (SSSR count). The summed E-state index contributed by atoms with van der Waals surface area (Å²) in [5.41, 5.74) is 0. The Morgan fingerprint density at radius 2 is 2.00 bits per heavy atom. The molecular weight excluding hydrogens is 305 g/mol. The van der Waals surface area contributed by atoms with Crippen LogP contribution in [0.3, 0.4) is 0 Å². The summed E-state index contributed by atoms with van der Waals surface area (Å²) in [6, 6.07) is 0. The van der Waals surface area contributed by atoms with Crippen LogP contribution in [0.25, 0.3) is 0 Å². The van der Waals surface area contributed by atoms with Crippen LogP contribution < -0.4 is 0 Å². The van der Waals surface area contributed by atoms with Crippen LogP contribution in [0.4, 0.5) is 0 Å². The Morgan fingerprint density at radius 1 is 1.67 bits per heavy atom. The summed E-state index contributed by atoms with van der Waals surface area (Å²) in [7, 11) is 0. The molecule has 0 fully saturated rings. The van der Waals surface area contributed by atoms with Gasteiger partial charge in [0.1, 0.15) is 0 Å². The molecule has 0 saturated heterocycles. The fourth-order valence-electron chi connectivity index (χ4n) is 0.203. The molecule has 0 radical (unpaired) electrons. The Bertz CT molecular complexity index is 69.6. The van der Waals surface area contributed by atoms with Gasteiger partial charge in [0.15, 0.2) is 0 Å². The fourth-order valence-corrected chi connectivity index (χ4v) is 0.203. The van der Waals surface area contributed by atoms with Crippen molar-refractivity contribution in [3.8, 4) is 0 Å². The van der Waals surface area contributed by atoms with Crippen LogP contribution in [0.2, 0.25) is 0 Å². The molecular formula is C4H8Br2O2Zn. The molecule has 2 nitrogen and oxygen atoms in total. The number of rotatable bonds is 1. The number of halogens is 2.